The molecule has 3 aromatic heterocycles. The van der Waals surface area contributed by atoms with E-state index in [2.05, 4.69) is 14.4 Å². The number of fused-ring (bicyclic) bond motifs is 1. The second kappa shape index (κ2) is 9.06. The van der Waals surface area contributed by atoms with Crippen LogP contribution in [0, 0.1) is 6.92 Å². The maximum atomic E-state index is 12.9. The van der Waals surface area contributed by atoms with Gasteiger partial charge in [0.15, 0.2) is 5.69 Å². The molecular formula is C22H19F3N4O5S. The van der Waals surface area contributed by atoms with Gasteiger partial charge in [-0.25, -0.2) is 9.31 Å². The first-order valence-electron chi connectivity index (χ1n) is 10.3. The lowest BCUT2D eigenvalue weighted by molar-refractivity contribution is -0.0500. The van der Waals surface area contributed by atoms with Crippen molar-refractivity contribution in [1.82, 2.24) is 19.4 Å². The zero-order valence-corrected chi connectivity index (χ0v) is 19.3. The molecule has 0 atom stereocenters. The number of carbonyl (C=O) groups excluding carboxylic acids is 1. The van der Waals surface area contributed by atoms with E-state index in [1.165, 1.54) is 15.3 Å². The Kier molecular flexibility index (Phi) is 6.28. The summed E-state index contributed by atoms with van der Waals surface area (Å²) in [5, 5.41) is 8.72. The molecule has 184 valence electrons. The first-order chi connectivity index (χ1) is 16.5. The molecule has 0 amide bonds. The first kappa shape index (κ1) is 24.3. The number of alkyl halides is 3. The summed E-state index contributed by atoms with van der Waals surface area (Å²) in [7, 11) is -5.89. The number of esters is 1. The Morgan fingerprint density at radius 2 is 1.77 bits per heavy atom. The molecule has 0 saturated heterocycles. The van der Waals surface area contributed by atoms with Crippen LogP contribution in [0.3, 0.4) is 0 Å². The highest BCUT2D eigenvalue weighted by molar-refractivity contribution is 7.88. The SMILES string of the molecule is CCOC(=O)c1cc(C)n(Cc2cc(OS(=O)(=O)C(F)(F)F)cc3cc(-c4ccccc4)nn23)n1. The zero-order valence-electron chi connectivity index (χ0n) is 18.5. The number of carbonyl (C=O) groups is 1. The van der Waals surface area contributed by atoms with Crippen molar-refractivity contribution in [3.05, 3.63) is 71.7 Å². The van der Waals surface area contributed by atoms with Gasteiger partial charge in [0.2, 0.25) is 0 Å². The van der Waals surface area contributed by atoms with Gasteiger partial charge in [0.05, 0.1) is 30.1 Å². The first-order valence-corrected chi connectivity index (χ1v) is 11.7. The summed E-state index contributed by atoms with van der Waals surface area (Å²) < 4.78 is 74.1. The summed E-state index contributed by atoms with van der Waals surface area (Å²) >= 11 is 0. The van der Waals surface area contributed by atoms with E-state index >= 15 is 0 Å². The van der Waals surface area contributed by atoms with E-state index in [-0.39, 0.29) is 24.5 Å². The predicted octanol–water partition coefficient (Wildman–Crippen LogP) is 3.96. The third-order valence-electron chi connectivity index (χ3n) is 4.94. The molecule has 0 radical (unpaired) electrons. The minimum absolute atomic E-state index is 0.0538. The fourth-order valence-electron chi connectivity index (χ4n) is 3.35. The summed E-state index contributed by atoms with van der Waals surface area (Å²) in [5.74, 6) is -1.17. The quantitative estimate of drug-likeness (QED) is 0.211. The number of rotatable bonds is 7. The smallest absolute Gasteiger partial charge is 0.461 e. The van der Waals surface area contributed by atoms with Crippen LogP contribution in [0.5, 0.6) is 5.75 Å². The third kappa shape index (κ3) is 4.99. The summed E-state index contributed by atoms with van der Waals surface area (Å²) in [6, 6.07) is 14.4. The van der Waals surface area contributed by atoms with E-state index in [1.807, 2.05) is 6.07 Å². The number of halogens is 3. The van der Waals surface area contributed by atoms with E-state index in [0.29, 0.717) is 16.9 Å². The van der Waals surface area contributed by atoms with Gasteiger partial charge in [-0.05, 0) is 26.0 Å². The second-order valence-electron chi connectivity index (χ2n) is 7.45. The summed E-state index contributed by atoms with van der Waals surface area (Å²) in [5.41, 5.74) is -3.17. The summed E-state index contributed by atoms with van der Waals surface area (Å²) in [6.45, 7) is 3.44. The van der Waals surface area contributed by atoms with Crippen LogP contribution in [0.4, 0.5) is 13.2 Å². The lowest BCUT2D eigenvalue weighted by Gasteiger charge is -2.12. The Balaban J connectivity index is 1.81. The van der Waals surface area contributed by atoms with E-state index < -0.39 is 27.3 Å². The summed E-state index contributed by atoms with van der Waals surface area (Å²) in [6.07, 6.45) is 0. The Labute approximate surface area is 197 Å². The van der Waals surface area contributed by atoms with E-state index in [4.69, 9.17) is 4.74 Å². The molecule has 0 aliphatic heterocycles. The third-order valence-corrected chi connectivity index (χ3v) is 5.92. The fraction of sp³-hybridized carbons (Fsp3) is 0.227. The van der Waals surface area contributed by atoms with Crippen LogP contribution in [-0.4, -0.2) is 45.9 Å². The van der Waals surface area contributed by atoms with Gasteiger partial charge in [0.25, 0.3) is 0 Å². The standard InChI is InChI=1S/C22H19F3N4O5S/c1-3-33-21(30)20-9-14(2)28(26-20)13-17-11-18(34-35(31,32)22(23,24)25)10-16-12-19(27-29(16)17)15-7-5-4-6-8-15/h4-12H,3,13H2,1-2H3. The molecule has 0 saturated carbocycles. The number of hydrogen-bond acceptors (Lipinski definition) is 7. The lowest BCUT2D eigenvalue weighted by Crippen LogP contribution is -2.28. The van der Waals surface area contributed by atoms with Crippen molar-refractivity contribution >= 4 is 21.6 Å². The second-order valence-corrected chi connectivity index (χ2v) is 8.98. The maximum absolute atomic E-state index is 12.9. The van der Waals surface area contributed by atoms with E-state index in [9.17, 15) is 26.4 Å². The van der Waals surface area contributed by atoms with E-state index in [1.54, 1.807) is 44.2 Å². The molecule has 0 aliphatic rings. The van der Waals surface area contributed by atoms with Gasteiger partial charge in [-0.15, -0.1) is 0 Å². The number of hydrogen-bond donors (Lipinski definition) is 0. The molecule has 0 fully saturated rings. The van der Waals surface area contributed by atoms with Crippen molar-refractivity contribution in [3.8, 4) is 17.0 Å². The van der Waals surface area contributed by atoms with Crippen molar-refractivity contribution in [2.75, 3.05) is 6.61 Å². The molecular weight excluding hydrogens is 489 g/mol. The molecule has 0 unspecified atom stereocenters. The Bertz CT molecular complexity index is 1490. The molecule has 3 heterocycles. The van der Waals surface area contributed by atoms with Gasteiger partial charge in [0.1, 0.15) is 5.75 Å². The van der Waals surface area contributed by atoms with Crippen LogP contribution in [0.2, 0.25) is 0 Å². The Hall–Kier alpha value is -3.87. The average Bonchev–Trinajstić information content (AvgIpc) is 3.37. The monoisotopic (exact) mass is 508 g/mol. The van der Waals surface area contributed by atoms with Crippen molar-refractivity contribution in [2.45, 2.75) is 25.9 Å². The van der Waals surface area contributed by atoms with Crippen molar-refractivity contribution in [3.63, 3.8) is 0 Å². The van der Waals surface area contributed by atoms with Gasteiger partial charge < -0.3 is 8.92 Å². The number of nitrogens with zero attached hydrogens (tertiary/aromatic N) is 4. The Morgan fingerprint density at radius 3 is 2.43 bits per heavy atom. The predicted molar refractivity (Wildman–Crippen MR) is 118 cm³/mol. The van der Waals surface area contributed by atoms with Crippen LogP contribution in [0.25, 0.3) is 16.8 Å². The van der Waals surface area contributed by atoms with Gasteiger partial charge in [0, 0.05) is 23.4 Å². The average molecular weight is 508 g/mol. The lowest BCUT2D eigenvalue weighted by atomic mass is 10.1. The van der Waals surface area contributed by atoms with Crippen LogP contribution < -0.4 is 4.18 Å². The minimum atomic E-state index is -5.89. The van der Waals surface area contributed by atoms with Crippen LogP contribution in [-0.2, 0) is 21.4 Å². The molecule has 0 N–H and O–H groups in total. The maximum Gasteiger partial charge on any atom is 0.534 e. The molecule has 9 nitrogen and oxygen atoms in total. The number of aryl methyl sites for hydroxylation is 1. The Morgan fingerprint density at radius 1 is 1.06 bits per heavy atom. The van der Waals surface area contributed by atoms with Crippen molar-refractivity contribution in [2.24, 2.45) is 0 Å². The van der Waals surface area contributed by atoms with Crippen LogP contribution in [0.1, 0.15) is 28.8 Å². The molecule has 0 aliphatic carbocycles. The highest BCUT2D eigenvalue weighted by Crippen LogP contribution is 2.30. The molecule has 4 aromatic rings. The topological polar surface area (TPSA) is 105 Å². The van der Waals surface area contributed by atoms with Crippen molar-refractivity contribution < 1.29 is 35.3 Å². The molecule has 0 bridgehead atoms. The summed E-state index contributed by atoms with van der Waals surface area (Å²) in [4.78, 5) is 12.0. The number of aromatic nitrogens is 4. The number of ether oxygens (including phenoxy) is 1. The highest BCUT2D eigenvalue weighted by atomic mass is 32.2. The fourth-order valence-corrected chi connectivity index (χ4v) is 3.80. The zero-order chi connectivity index (χ0) is 25.4. The number of pyridine rings is 1. The molecule has 35 heavy (non-hydrogen) atoms. The molecule has 13 heteroatoms. The molecule has 4 rings (SSSR count). The van der Waals surface area contributed by atoms with Gasteiger partial charge >= 0.3 is 21.6 Å². The largest absolute Gasteiger partial charge is 0.534 e. The van der Waals surface area contributed by atoms with Crippen molar-refractivity contribution in [1.29, 1.82) is 0 Å². The van der Waals surface area contributed by atoms with Crippen LogP contribution >= 0.6 is 0 Å². The normalized spacial score (nSPS) is 12.1. The number of benzene rings is 1. The van der Waals surface area contributed by atoms with Gasteiger partial charge in [-0.2, -0.15) is 31.8 Å². The highest BCUT2D eigenvalue weighted by Gasteiger charge is 2.48. The van der Waals surface area contributed by atoms with E-state index in [0.717, 1.165) is 17.7 Å². The van der Waals surface area contributed by atoms with Gasteiger partial charge in [-0.1, -0.05) is 30.3 Å². The minimum Gasteiger partial charge on any atom is -0.461 e. The van der Waals surface area contributed by atoms with Gasteiger partial charge in [-0.3, -0.25) is 4.68 Å². The van der Waals surface area contributed by atoms with Crippen LogP contribution in [0.15, 0.2) is 54.6 Å². The molecule has 0 spiro atoms. The molecule has 1 aromatic carbocycles.